The lowest BCUT2D eigenvalue weighted by Crippen LogP contribution is -2.27. The molecule has 6 heteroatoms. The number of nitrogens with zero attached hydrogens (tertiary/aromatic N) is 1. The van der Waals surface area contributed by atoms with Crippen molar-refractivity contribution in [2.24, 2.45) is 5.16 Å². The highest BCUT2D eigenvalue weighted by atomic mass is 16.7. The Kier molecular flexibility index (Phi) is 6.08. The summed E-state index contributed by atoms with van der Waals surface area (Å²) in [6.45, 7) is 3.40. The Balaban J connectivity index is 4.38. The molecule has 0 amide bonds. The van der Waals surface area contributed by atoms with E-state index in [4.69, 9.17) is 4.84 Å². The highest BCUT2D eigenvalue weighted by Gasteiger charge is 2.25. The maximum atomic E-state index is 11.2. The number of hydrogen-bond donors (Lipinski definition) is 0. The van der Waals surface area contributed by atoms with Crippen LogP contribution in [-0.2, 0) is 23.9 Å². The molecule has 0 aromatic carbocycles. The zero-order chi connectivity index (χ0) is 11.8. The van der Waals surface area contributed by atoms with Gasteiger partial charge in [-0.15, -0.1) is 0 Å². The van der Waals surface area contributed by atoms with Crippen LogP contribution in [0.1, 0.15) is 20.3 Å². The summed E-state index contributed by atoms with van der Waals surface area (Å²) in [5, 5.41) is 3.59. The van der Waals surface area contributed by atoms with Gasteiger partial charge in [0.15, 0.2) is 0 Å². The molecule has 0 saturated carbocycles. The molecule has 0 heterocycles. The fourth-order valence-corrected chi connectivity index (χ4v) is 0.699. The molecule has 0 saturated heterocycles. The van der Waals surface area contributed by atoms with E-state index < -0.39 is 18.0 Å². The van der Waals surface area contributed by atoms with Gasteiger partial charge in [-0.1, -0.05) is 5.16 Å². The lowest BCUT2D eigenvalue weighted by molar-refractivity contribution is -0.160. The number of esters is 2. The minimum absolute atomic E-state index is 0.222. The summed E-state index contributed by atoms with van der Waals surface area (Å²) in [6.07, 6.45) is -1.28. The van der Waals surface area contributed by atoms with Crippen LogP contribution in [0, 0.1) is 0 Å². The maximum absolute atomic E-state index is 11.2. The van der Waals surface area contributed by atoms with Gasteiger partial charge < -0.3 is 14.3 Å². The van der Waals surface area contributed by atoms with Crippen LogP contribution in [0.5, 0.6) is 0 Å². The molecule has 15 heavy (non-hydrogen) atoms. The summed E-state index contributed by atoms with van der Waals surface area (Å²) < 4.78 is 8.86. The van der Waals surface area contributed by atoms with Crippen LogP contribution < -0.4 is 0 Å². The fourth-order valence-electron chi connectivity index (χ4n) is 0.699. The van der Waals surface area contributed by atoms with E-state index in [0.717, 1.165) is 0 Å². The molecule has 0 bridgehead atoms. The van der Waals surface area contributed by atoms with Crippen LogP contribution in [0.4, 0.5) is 0 Å². The van der Waals surface area contributed by atoms with Gasteiger partial charge in [-0.3, -0.25) is 4.79 Å². The van der Waals surface area contributed by atoms with Gasteiger partial charge in [0, 0.05) is 0 Å². The molecule has 0 spiro atoms. The smallest absolute Gasteiger partial charge is 0.350 e. The van der Waals surface area contributed by atoms with E-state index >= 15 is 0 Å². The van der Waals surface area contributed by atoms with E-state index in [9.17, 15) is 9.59 Å². The maximum Gasteiger partial charge on any atom is 0.350 e. The van der Waals surface area contributed by atoms with Gasteiger partial charge in [-0.2, -0.15) is 0 Å². The molecule has 0 fully saturated rings. The monoisotopic (exact) mass is 217 g/mol. The second-order valence-electron chi connectivity index (χ2n) is 2.94. The normalized spacial score (nSPS) is 11.2. The molecule has 0 radical (unpaired) electrons. The molecule has 1 unspecified atom stereocenters. The molecule has 0 aliphatic carbocycles. The van der Waals surface area contributed by atoms with Crippen molar-refractivity contribution in [3.63, 3.8) is 0 Å². The van der Waals surface area contributed by atoms with Crippen molar-refractivity contribution in [1.82, 2.24) is 0 Å². The number of rotatable bonds is 5. The van der Waals surface area contributed by atoms with Gasteiger partial charge in [0.1, 0.15) is 0 Å². The Morgan fingerprint density at radius 3 is 2.20 bits per heavy atom. The highest BCUT2D eigenvalue weighted by Crippen LogP contribution is 2.03. The molecule has 0 N–H and O–H groups in total. The first-order chi connectivity index (χ1) is 7.01. The fraction of sp³-hybridized carbons (Fsp3) is 0.667. The van der Waals surface area contributed by atoms with Crippen molar-refractivity contribution in [2.75, 3.05) is 14.2 Å². The van der Waals surface area contributed by atoms with Crippen LogP contribution in [-0.4, -0.2) is 38.0 Å². The Hall–Kier alpha value is -1.59. The zero-order valence-corrected chi connectivity index (χ0v) is 9.27. The zero-order valence-electron chi connectivity index (χ0n) is 9.27. The van der Waals surface area contributed by atoms with Gasteiger partial charge in [0.05, 0.1) is 26.4 Å². The van der Waals surface area contributed by atoms with Crippen molar-refractivity contribution in [3.05, 3.63) is 0 Å². The SMILES string of the molecule is COC(=O)CC(ON=C(C)C)C(=O)OC. The van der Waals surface area contributed by atoms with Gasteiger partial charge in [0.2, 0.25) is 6.10 Å². The van der Waals surface area contributed by atoms with E-state index in [-0.39, 0.29) is 6.42 Å². The lowest BCUT2D eigenvalue weighted by atomic mass is 10.2. The van der Waals surface area contributed by atoms with Crippen molar-refractivity contribution < 1.29 is 23.9 Å². The second kappa shape index (κ2) is 6.80. The van der Waals surface area contributed by atoms with Crippen molar-refractivity contribution in [2.45, 2.75) is 26.4 Å². The third-order valence-electron chi connectivity index (χ3n) is 1.41. The number of oxime groups is 1. The van der Waals surface area contributed by atoms with Gasteiger partial charge in [0.25, 0.3) is 0 Å². The van der Waals surface area contributed by atoms with Crippen LogP contribution in [0.3, 0.4) is 0 Å². The molecule has 0 aliphatic heterocycles. The van der Waals surface area contributed by atoms with E-state index in [2.05, 4.69) is 14.6 Å². The lowest BCUT2D eigenvalue weighted by Gasteiger charge is -2.11. The average molecular weight is 217 g/mol. The van der Waals surface area contributed by atoms with Crippen molar-refractivity contribution >= 4 is 17.7 Å². The van der Waals surface area contributed by atoms with Gasteiger partial charge in [-0.05, 0) is 13.8 Å². The molecular formula is C9H15NO5. The van der Waals surface area contributed by atoms with Gasteiger partial charge >= 0.3 is 11.9 Å². The summed E-state index contributed by atoms with van der Waals surface area (Å²) in [5.74, 6) is -1.22. The molecule has 0 rings (SSSR count). The Morgan fingerprint density at radius 1 is 1.20 bits per heavy atom. The minimum atomic E-state index is -1.06. The number of carbonyl (C=O) groups excluding carboxylic acids is 2. The largest absolute Gasteiger partial charge is 0.469 e. The molecular weight excluding hydrogens is 202 g/mol. The first kappa shape index (κ1) is 13.4. The Bertz CT molecular complexity index is 257. The van der Waals surface area contributed by atoms with E-state index in [0.29, 0.717) is 5.71 Å². The van der Waals surface area contributed by atoms with Crippen LogP contribution >= 0.6 is 0 Å². The number of methoxy groups -OCH3 is 2. The summed E-state index contributed by atoms with van der Waals surface area (Å²) in [7, 11) is 2.43. The molecule has 0 aliphatic rings. The van der Waals surface area contributed by atoms with Gasteiger partial charge in [-0.25, -0.2) is 4.79 Å². The van der Waals surface area contributed by atoms with E-state index in [1.165, 1.54) is 14.2 Å². The van der Waals surface area contributed by atoms with Crippen LogP contribution in [0.2, 0.25) is 0 Å². The molecule has 6 nitrogen and oxygen atoms in total. The standard InChI is InChI=1S/C9H15NO5/c1-6(2)10-15-7(9(12)14-4)5-8(11)13-3/h7H,5H2,1-4H3. The number of carbonyl (C=O) groups is 2. The number of ether oxygens (including phenoxy) is 2. The third-order valence-corrected chi connectivity index (χ3v) is 1.41. The summed E-state index contributed by atoms with van der Waals surface area (Å²) in [6, 6.07) is 0. The topological polar surface area (TPSA) is 74.2 Å². The predicted molar refractivity (Wildman–Crippen MR) is 52.3 cm³/mol. The Morgan fingerprint density at radius 2 is 1.80 bits per heavy atom. The van der Waals surface area contributed by atoms with E-state index in [1.807, 2.05) is 0 Å². The predicted octanol–water partition coefficient (Wildman–Crippen LogP) is 0.503. The molecule has 1 atom stereocenters. The molecule has 86 valence electrons. The Labute approximate surface area is 88.2 Å². The van der Waals surface area contributed by atoms with Crippen LogP contribution in [0.15, 0.2) is 5.16 Å². The highest BCUT2D eigenvalue weighted by molar-refractivity contribution is 5.82. The molecule has 0 aromatic rings. The summed E-state index contributed by atoms with van der Waals surface area (Å²) in [4.78, 5) is 26.9. The summed E-state index contributed by atoms with van der Waals surface area (Å²) >= 11 is 0. The van der Waals surface area contributed by atoms with Crippen LogP contribution in [0.25, 0.3) is 0 Å². The second-order valence-corrected chi connectivity index (χ2v) is 2.94. The quantitative estimate of drug-likeness (QED) is 0.381. The third kappa shape index (κ3) is 5.66. The van der Waals surface area contributed by atoms with E-state index in [1.54, 1.807) is 13.8 Å². The number of hydrogen-bond acceptors (Lipinski definition) is 6. The first-order valence-corrected chi connectivity index (χ1v) is 4.33. The van der Waals surface area contributed by atoms with Crippen molar-refractivity contribution in [3.8, 4) is 0 Å². The molecule has 0 aromatic heterocycles. The minimum Gasteiger partial charge on any atom is -0.469 e. The van der Waals surface area contributed by atoms with Crippen molar-refractivity contribution in [1.29, 1.82) is 0 Å². The summed E-state index contributed by atoms with van der Waals surface area (Å²) in [5.41, 5.74) is 0.633. The average Bonchev–Trinajstić information content (AvgIpc) is 2.22. The first-order valence-electron chi connectivity index (χ1n) is 4.33.